The zero-order valence-corrected chi connectivity index (χ0v) is 16.8. The minimum atomic E-state index is -0.313. The molecule has 0 aliphatic carbocycles. The highest BCUT2D eigenvalue weighted by molar-refractivity contribution is 8.00. The number of aryl methyl sites for hydroxylation is 2. The summed E-state index contributed by atoms with van der Waals surface area (Å²) in [7, 11) is 0. The fourth-order valence-electron chi connectivity index (χ4n) is 2.96. The minimum Gasteiger partial charge on any atom is -0.351 e. The Hall–Kier alpha value is -2.93. The van der Waals surface area contributed by atoms with Gasteiger partial charge in [-0.3, -0.25) is 4.79 Å². The number of nitrogens with zero attached hydrogens (tertiary/aromatic N) is 4. The number of amides is 1. The van der Waals surface area contributed by atoms with E-state index in [0.29, 0.717) is 17.5 Å². The fourth-order valence-corrected chi connectivity index (χ4v) is 3.84. The molecule has 2 aromatic heterocycles. The predicted octanol–water partition coefficient (Wildman–Crippen LogP) is 3.69. The van der Waals surface area contributed by atoms with Crippen LogP contribution in [0.5, 0.6) is 0 Å². The predicted molar refractivity (Wildman–Crippen MR) is 111 cm³/mol. The van der Waals surface area contributed by atoms with Gasteiger partial charge in [-0.05, 0) is 38.5 Å². The highest BCUT2D eigenvalue weighted by Gasteiger charge is 2.19. The molecular formula is C21H21N5OS. The zero-order chi connectivity index (χ0) is 19.7. The van der Waals surface area contributed by atoms with Gasteiger partial charge in [-0.1, -0.05) is 53.7 Å². The van der Waals surface area contributed by atoms with Crippen molar-refractivity contribution in [3.05, 3.63) is 65.5 Å². The molecule has 0 radical (unpaired) electrons. The van der Waals surface area contributed by atoms with E-state index < -0.39 is 0 Å². The fraction of sp³-hybridized carbons (Fsp3) is 0.238. The Labute approximate surface area is 167 Å². The second kappa shape index (κ2) is 7.59. The van der Waals surface area contributed by atoms with Crippen molar-refractivity contribution in [3.8, 4) is 0 Å². The molecule has 0 bridgehead atoms. The van der Waals surface area contributed by atoms with Crippen molar-refractivity contribution in [2.24, 2.45) is 0 Å². The molecule has 4 rings (SSSR count). The summed E-state index contributed by atoms with van der Waals surface area (Å²) in [5, 5.41) is 8.76. The number of fused-ring (bicyclic) bond motifs is 3. The first-order valence-electron chi connectivity index (χ1n) is 9.13. The number of carbonyl (C=O) groups excluding carboxylic acids is 1. The first-order chi connectivity index (χ1) is 13.5. The summed E-state index contributed by atoms with van der Waals surface area (Å²) in [5.74, 6) is 0.641. The lowest BCUT2D eigenvalue weighted by molar-refractivity contribution is -0.120. The number of rotatable bonds is 5. The monoisotopic (exact) mass is 391 g/mol. The molecule has 0 fully saturated rings. The van der Waals surface area contributed by atoms with Gasteiger partial charge in [0.25, 0.3) is 0 Å². The van der Waals surface area contributed by atoms with Gasteiger partial charge in [-0.2, -0.15) is 4.52 Å². The average Bonchev–Trinajstić information content (AvgIpc) is 3.09. The van der Waals surface area contributed by atoms with E-state index in [1.54, 1.807) is 4.52 Å². The molecule has 28 heavy (non-hydrogen) atoms. The molecule has 0 saturated heterocycles. The quantitative estimate of drug-likeness (QED) is 0.415. The second-order valence-corrected chi connectivity index (χ2v) is 8.08. The van der Waals surface area contributed by atoms with E-state index in [1.807, 2.05) is 69.3 Å². The molecule has 1 unspecified atom stereocenters. The van der Waals surface area contributed by atoms with Crippen LogP contribution in [0.25, 0.3) is 16.6 Å². The van der Waals surface area contributed by atoms with Crippen LogP contribution in [0.15, 0.2) is 53.7 Å². The van der Waals surface area contributed by atoms with Gasteiger partial charge in [0, 0.05) is 11.9 Å². The number of benzene rings is 2. The second-order valence-electron chi connectivity index (χ2n) is 6.77. The third-order valence-corrected chi connectivity index (χ3v) is 5.54. The van der Waals surface area contributed by atoms with Gasteiger partial charge in [-0.25, -0.2) is 9.97 Å². The third-order valence-electron chi connectivity index (χ3n) is 4.49. The highest BCUT2D eigenvalue weighted by Crippen LogP contribution is 2.26. The summed E-state index contributed by atoms with van der Waals surface area (Å²) >= 11 is 1.38. The first kappa shape index (κ1) is 18.4. The van der Waals surface area contributed by atoms with E-state index in [4.69, 9.17) is 4.98 Å². The summed E-state index contributed by atoms with van der Waals surface area (Å²) in [4.78, 5) is 21.8. The molecule has 7 heteroatoms. The number of nitrogens with one attached hydrogen (secondary N) is 1. The Balaban J connectivity index is 1.54. The largest absolute Gasteiger partial charge is 0.351 e. The summed E-state index contributed by atoms with van der Waals surface area (Å²) in [5.41, 5.74) is 3.89. The van der Waals surface area contributed by atoms with Crippen LogP contribution in [0, 0.1) is 13.8 Å². The molecule has 2 aromatic carbocycles. The molecule has 1 N–H and O–H groups in total. The molecule has 142 valence electrons. The Kier molecular flexibility index (Phi) is 5.00. The Morgan fingerprint density at radius 3 is 2.64 bits per heavy atom. The molecular weight excluding hydrogens is 370 g/mol. The van der Waals surface area contributed by atoms with Crippen LogP contribution >= 0.6 is 11.8 Å². The van der Waals surface area contributed by atoms with Crippen molar-refractivity contribution in [2.45, 2.75) is 37.7 Å². The number of hydrogen-bond donors (Lipinski definition) is 1. The summed E-state index contributed by atoms with van der Waals surface area (Å²) < 4.78 is 1.73. The lowest BCUT2D eigenvalue weighted by Crippen LogP contribution is -2.30. The van der Waals surface area contributed by atoms with Gasteiger partial charge >= 0.3 is 0 Å². The molecule has 0 spiro atoms. The van der Waals surface area contributed by atoms with Crippen LogP contribution < -0.4 is 5.32 Å². The maximum Gasteiger partial charge on any atom is 0.233 e. The Morgan fingerprint density at radius 1 is 1.11 bits per heavy atom. The van der Waals surface area contributed by atoms with E-state index in [2.05, 4.69) is 15.4 Å². The summed E-state index contributed by atoms with van der Waals surface area (Å²) in [6.07, 6.45) is 0. The molecule has 6 nitrogen and oxygen atoms in total. The number of thioether (sulfide) groups is 1. The van der Waals surface area contributed by atoms with E-state index in [-0.39, 0.29) is 11.2 Å². The Morgan fingerprint density at radius 2 is 1.86 bits per heavy atom. The Bertz CT molecular complexity index is 1150. The van der Waals surface area contributed by atoms with Crippen LogP contribution in [-0.2, 0) is 11.3 Å². The molecule has 0 saturated carbocycles. The van der Waals surface area contributed by atoms with Crippen molar-refractivity contribution < 1.29 is 4.79 Å². The van der Waals surface area contributed by atoms with E-state index >= 15 is 0 Å². The van der Waals surface area contributed by atoms with Gasteiger partial charge < -0.3 is 5.32 Å². The molecule has 0 aliphatic rings. The van der Waals surface area contributed by atoms with E-state index in [9.17, 15) is 4.79 Å². The standard InChI is InChI=1S/C21H21N5OS/c1-13-8-10-16(11-9-13)12-22-20(27)14(2)28-21-24-18-7-5-4-6-17(18)19-23-15(3)25-26(19)21/h4-11,14H,12H2,1-3H3,(H,22,27). The van der Waals surface area contributed by atoms with Crippen molar-refractivity contribution in [3.63, 3.8) is 0 Å². The number of para-hydroxylation sites is 1. The minimum absolute atomic E-state index is 0.0366. The van der Waals surface area contributed by atoms with Gasteiger partial charge in [0.05, 0.1) is 10.8 Å². The smallest absolute Gasteiger partial charge is 0.233 e. The molecule has 1 atom stereocenters. The molecule has 0 aliphatic heterocycles. The van der Waals surface area contributed by atoms with E-state index in [0.717, 1.165) is 22.1 Å². The average molecular weight is 392 g/mol. The lowest BCUT2D eigenvalue weighted by atomic mass is 10.1. The highest BCUT2D eigenvalue weighted by atomic mass is 32.2. The van der Waals surface area contributed by atoms with Crippen LogP contribution in [-0.4, -0.2) is 30.7 Å². The summed E-state index contributed by atoms with van der Waals surface area (Å²) in [6.45, 7) is 6.28. The van der Waals surface area contributed by atoms with E-state index in [1.165, 1.54) is 17.3 Å². The molecule has 1 amide bonds. The van der Waals surface area contributed by atoms with Crippen LogP contribution in [0.2, 0.25) is 0 Å². The van der Waals surface area contributed by atoms with Crippen LogP contribution in [0.4, 0.5) is 0 Å². The molecule has 2 heterocycles. The zero-order valence-electron chi connectivity index (χ0n) is 16.0. The van der Waals surface area contributed by atoms with Crippen molar-refractivity contribution in [2.75, 3.05) is 0 Å². The summed E-state index contributed by atoms with van der Waals surface area (Å²) in [6, 6.07) is 16.0. The lowest BCUT2D eigenvalue weighted by Gasteiger charge is -2.13. The SMILES string of the molecule is Cc1ccc(CNC(=O)C(C)Sc2nc3ccccc3c3nc(C)nn23)cc1. The molecule has 4 aromatic rings. The third kappa shape index (κ3) is 3.71. The first-order valence-corrected chi connectivity index (χ1v) is 10.0. The number of hydrogen-bond acceptors (Lipinski definition) is 5. The van der Waals surface area contributed by atoms with Crippen molar-refractivity contribution in [1.82, 2.24) is 24.9 Å². The van der Waals surface area contributed by atoms with Crippen LogP contribution in [0.1, 0.15) is 23.9 Å². The normalized spacial score (nSPS) is 12.4. The maximum atomic E-state index is 12.6. The topological polar surface area (TPSA) is 72.2 Å². The number of carbonyl (C=O) groups is 1. The van der Waals surface area contributed by atoms with Crippen molar-refractivity contribution in [1.29, 1.82) is 0 Å². The van der Waals surface area contributed by atoms with Crippen LogP contribution in [0.3, 0.4) is 0 Å². The van der Waals surface area contributed by atoms with Gasteiger partial charge in [0.1, 0.15) is 5.82 Å². The number of aromatic nitrogens is 4. The van der Waals surface area contributed by atoms with Gasteiger partial charge in [-0.15, -0.1) is 5.10 Å². The van der Waals surface area contributed by atoms with Crippen molar-refractivity contribution >= 4 is 34.2 Å². The maximum absolute atomic E-state index is 12.6. The van der Waals surface area contributed by atoms with Gasteiger partial charge in [0.2, 0.25) is 5.91 Å². The van der Waals surface area contributed by atoms with Gasteiger partial charge in [0.15, 0.2) is 10.8 Å².